The lowest BCUT2D eigenvalue weighted by molar-refractivity contribution is 0.704. The Morgan fingerprint density at radius 2 is 2.05 bits per heavy atom. The highest BCUT2D eigenvalue weighted by Gasteiger charge is 2.12. The summed E-state index contributed by atoms with van der Waals surface area (Å²) in [4.78, 5) is 9.10. The van der Waals surface area contributed by atoms with Crippen molar-refractivity contribution in [1.82, 2.24) is 14.5 Å². The number of fused-ring (bicyclic) bond motifs is 1. The second-order valence-electron chi connectivity index (χ2n) is 5.32. The number of imidazole rings is 1. The maximum absolute atomic E-state index is 5.70. The molecule has 0 bridgehead atoms. The van der Waals surface area contributed by atoms with Crippen LogP contribution in [0.3, 0.4) is 0 Å². The van der Waals surface area contributed by atoms with Gasteiger partial charge in [-0.05, 0) is 43.2 Å². The highest BCUT2D eigenvalue weighted by Crippen LogP contribution is 2.26. The monoisotopic (exact) mass is 280 g/mol. The van der Waals surface area contributed by atoms with Gasteiger partial charge in [-0.25, -0.2) is 4.98 Å². The molecule has 0 amide bonds. The van der Waals surface area contributed by atoms with E-state index in [4.69, 9.17) is 10.7 Å². The molecule has 0 spiro atoms. The predicted octanol–water partition coefficient (Wildman–Crippen LogP) is 3.28. The summed E-state index contributed by atoms with van der Waals surface area (Å²) in [6.07, 6.45) is 2.87. The fourth-order valence-corrected chi connectivity index (χ4v) is 2.64. The first-order valence-electron chi connectivity index (χ1n) is 7.35. The van der Waals surface area contributed by atoms with Crippen molar-refractivity contribution >= 4 is 11.0 Å². The number of aryl methyl sites for hydroxylation is 2. The van der Waals surface area contributed by atoms with Gasteiger partial charge in [0.15, 0.2) is 0 Å². The zero-order valence-electron chi connectivity index (χ0n) is 12.5. The summed E-state index contributed by atoms with van der Waals surface area (Å²) in [6, 6.07) is 10.5. The Kier molecular flexibility index (Phi) is 3.71. The van der Waals surface area contributed by atoms with Gasteiger partial charge in [-0.15, -0.1) is 0 Å². The quantitative estimate of drug-likeness (QED) is 0.798. The molecule has 4 heteroatoms. The average molecular weight is 280 g/mol. The molecule has 0 aliphatic carbocycles. The van der Waals surface area contributed by atoms with Crippen LogP contribution in [0.4, 0.5) is 0 Å². The van der Waals surface area contributed by atoms with E-state index < -0.39 is 0 Å². The largest absolute Gasteiger partial charge is 0.325 e. The summed E-state index contributed by atoms with van der Waals surface area (Å²) in [5, 5.41) is 0. The number of nitrogens with zero attached hydrogens (tertiary/aromatic N) is 3. The minimum absolute atomic E-state index is 0.445. The number of hydrogen-bond donors (Lipinski definition) is 1. The Hall–Kier alpha value is -2.20. The summed E-state index contributed by atoms with van der Waals surface area (Å²) in [5.41, 5.74) is 11.1. The van der Waals surface area contributed by atoms with E-state index >= 15 is 0 Å². The Balaban J connectivity index is 2.22. The van der Waals surface area contributed by atoms with Gasteiger partial charge in [-0.3, -0.25) is 4.98 Å². The van der Waals surface area contributed by atoms with Crippen LogP contribution >= 0.6 is 0 Å². The minimum Gasteiger partial charge on any atom is -0.325 e. The lowest BCUT2D eigenvalue weighted by Crippen LogP contribution is -2.02. The van der Waals surface area contributed by atoms with Gasteiger partial charge in [-0.1, -0.05) is 13.0 Å². The molecule has 3 aromatic rings. The first-order chi connectivity index (χ1) is 10.2. The number of pyridine rings is 1. The van der Waals surface area contributed by atoms with Crippen molar-refractivity contribution in [3.63, 3.8) is 0 Å². The second kappa shape index (κ2) is 5.66. The number of hydrogen-bond acceptors (Lipinski definition) is 3. The summed E-state index contributed by atoms with van der Waals surface area (Å²) in [5.74, 6) is 0.995. The van der Waals surface area contributed by atoms with Crippen LogP contribution in [-0.2, 0) is 13.1 Å². The van der Waals surface area contributed by atoms with Gasteiger partial charge in [0.1, 0.15) is 5.82 Å². The minimum atomic E-state index is 0.445. The molecule has 2 aromatic heterocycles. The Bertz CT molecular complexity index is 774. The fourth-order valence-electron chi connectivity index (χ4n) is 2.64. The molecular formula is C17H20N4. The molecule has 1 aromatic carbocycles. The second-order valence-corrected chi connectivity index (χ2v) is 5.32. The van der Waals surface area contributed by atoms with E-state index in [1.807, 2.05) is 12.1 Å². The number of aromatic nitrogens is 3. The summed E-state index contributed by atoms with van der Waals surface area (Å²) >= 11 is 0. The van der Waals surface area contributed by atoms with Crippen LogP contribution in [0.5, 0.6) is 0 Å². The lowest BCUT2D eigenvalue weighted by atomic mass is 10.2. The third-order valence-electron chi connectivity index (χ3n) is 3.63. The molecule has 21 heavy (non-hydrogen) atoms. The van der Waals surface area contributed by atoms with Crippen LogP contribution < -0.4 is 5.73 Å². The summed E-state index contributed by atoms with van der Waals surface area (Å²) in [7, 11) is 0. The van der Waals surface area contributed by atoms with Crippen molar-refractivity contribution in [2.45, 2.75) is 33.4 Å². The third-order valence-corrected chi connectivity index (χ3v) is 3.63. The molecule has 0 atom stereocenters. The van der Waals surface area contributed by atoms with Gasteiger partial charge < -0.3 is 10.3 Å². The van der Waals surface area contributed by atoms with Crippen LogP contribution in [0.1, 0.15) is 24.6 Å². The number of nitrogens with two attached hydrogens (primary N) is 1. The fraction of sp³-hybridized carbons (Fsp3) is 0.294. The van der Waals surface area contributed by atoms with Crippen LogP contribution in [-0.4, -0.2) is 14.5 Å². The van der Waals surface area contributed by atoms with Gasteiger partial charge in [0.05, 0.1) is 16.7 Å². The van der Waals surface area contributed by atoms with Crippen molar-refractivity contribution in [2.75, 3.05) is 0 Å². The van der Waals surface area contributed by atoms with E-state index in [2.05, 4.69) is 41.6 Å². The molecule has 0 aliphatic rings. The standard InChI is InChI=1S/C17H20N4/c1-3-8-21-16-5-4-12(2)9-15(16)20-17(21)13-6-7-19-14(10-13)11-18/h4-7,9-10H,3,8,11,18H2,1-2H3. The van der Waals surface area contributed by atoms with Crippen LogP contribution in [0.25, 0.3) is 22.4 Å². The molecule has 0 radical (unpaired) electrons. The molecule has 0 aliphatic heterocycles. The Morgan fingerprint density at radius 3 is 2.81 bits per heavy atom. The predicted molar refractivity (Wildman–Crippen MR) is 85.9 cm³/mol. The van der Waals surface area contributed by atoms with Gasteiger partial charge in [0.25, 0.3) is 0 Å². The molecule has 0 saturated heterocycles. The molecule has 108 valence electrons. The molecule has 4 nitrogen and oxygen atoms in total. The Labute approximate surface area is 124 Å². The van der Waals surface area contributed by atoms with Crippen molar-refractivity contribution in [3.05, 3.63) is 47.8 Å². The molecular weight excluding hydrogens is 260 g/mol. The van der Waals surface area contributed by atoms with Gasteiger partial charge in [0.2, 0.25) is 0 Å². The number of benzene rings is 1. The first kappa shape index (κ1) is 13.8. The Morgan fingerprint density at radius 1 is 1.19 bits per heavy atom. The third kappa shape index (κ3) is 2.54. The van der Waals surface area contributed by atoms with Gasteiger partial charge >= 0.3 is 0 Å². The molecule has 3 rings (SSSR count). The van der Waals surface area contributed by atoms with E-state index in [1.54, 1.807) is 6.20 Å². The van der Waals surface area contributed by atoms with Crippen molar-refractivity contribution < 1.29 is 0 Å². The van der Waals surface area contributed by atoms with E-state index in [1.165, 1.54) is 11.1 Å². The van der Waals surface area contributed by atoms with Crippen LogP contribution in [0.15, 0.2) is 36.5 Å². The lowest BCUT2D eigenvalue weighted by Gasteiger charge is -2.08. The van der Waals surface area contributed by atoms with Crippen molar-refractivity contribution in [3.8, 4) is 11.4 Å². The zero-order valence-corrected chi connectivity index (χ0v) is 12.5. The average Bonchev–Trinajstić information content (AvgIpc) is 2.85. The van der Waals surface area contributed by atoms with E-state index in [9.17, 15) is 0 Å². The highest BCUT2D eigenvalue weighted by atomic mass is 15.1. The van der Waals surface area contributed by atoms with Gasteiger partial charge in [0, 0.05) is 24.8 Å². The van der Waals surface area contributed by atoms with Crippen LogP contribution in [0, 0.1) is 6.92 Å². The SMILES string of the molecule is CCCn1c(-c2ccnc(CN)c2)nc2cc(C)ccc21. The van der Waals surface area contributed by atoms with E-state index in [0.717, 1.165) is 35.6 Å². The van der Waals surface area contributed by atoms with Crippen molar-refractivity contribution in [1.29, 1.82) is 0 Å². The molecule has 0 fully saturated rings. The maximum Gasteiger partial charge on any atom is 0.141 e. The summed E-state index contributed by atoms with van der Waals surface area (Å²) < 4.78 is 2.28. The van der Waals surface area contributed by atoms with Crippen molar-refractivity contribution in [2.24, 2.45) is 5.73 Å². The van der Waals surface area contributed by atoms with E-state index in [-0.39, 0.29) is 0 Å². The highest BCUT2D eigenvalue weighted by molar-refractivity contribution is 5.81. The number of rotatable bonds is 4. The topological polar surface area (TPSA) is 56.7 Å². The first-order valence-corrected chi connectivity index (χ1v) is 7.35. The maximum atomic E-state index is 5.70. The summed E-state index contributed by atoms with van der Waals surface area (Å²) in [6.45, 7) is 5.68. The van der Waals surface area contributed by atoms with Crippen LogP contribution in [0.2, 0.25) is 0 Å². The normalized spacial score (nSPS) is 11.2. The zero-order chi connectivity index (χ0) is 14.8. The van der Waals surface area contributed by atoms with E-state index in [0.29, 0.717) is 6.54 Å². The molecule has 0 unspecified atom stereocenters. The smallest absolute Gasteiger partial charge is 0.141 e. The molecule has 2 N–H and O–H groups in total. The molecule has 0 saturated carbocycles. The van der Waals surface area contributed by atoms with Gasteiger partial charge in [-0.2, -0.15) is 0 Å². The molecule has 2 heterocycles.